The van der Waals surface area contributed by atoms with E-state index < -0.39 is 5.97 Å². The molecular weight excluding hydrogens is 366 g/mol. The standard InChI is InChI=1S/C23H31N3O3/c1-14(26-13-23(4)11-15(26)10-22(2,3)12-23)20(27)25-18-16-8-6-7-9-17(16)24-19(18)21(28)29-5/h6-9,14-15,24H,10-13H2,1-5H3,(H,25,27)/t14-,15+,23-/m1/s1. The minimum absolute atomic E-state index is 0.0890. The molecule has 0 spiro atoms. The Hall–Kier alpha value is -2.34. The predicted molar refractivity (Wildman–Crippen MR) is 114 cm³/mol. The van der Waals surface area contributed by atoms with E-state index in [0.717, 1.165) is 30.3 Å². The molecule has 6 heteroatoms. The van der Waals surface area contributed by atoms with E-state index in [4.69, 9.17) is 4.74 Å². The van der Waals surface area contributed by atoms with Crippen LogP contribution in [0, 0.1) is 10.8 Å². The summed E-state index contributed by atoms with van der Waals surface area (Å²) in [5, 5.41) is 3.83. The zero-order valence-electron chi connectivity index (χ0n) is 18.0. The van der Waals surface area contributed by atoms with E-state index in [1.54, 1.807) is 0 Å². The maximum atomic E-state index is 13.2. The molecule has 1 saturated heterocycles. The third-order valence-electron chi connectivity index (χ3n) is 6.68. The number of para-hydroxylation sites is 1. The van der Waals surface area contributed by atoms with Crippen molar-refractivity contribution in [2.24, 2.45) is 10.8 Å². The van der Waals surface area contributed by atoms with Crippen molar-refractivity contribution in [3.63, 3.8) is 0 Å². The third-order valence-corrected chi connectivity index (χ3v) is 6.68. The largest absolute Gasteiger partial charge is 0.464 e. The molecule has 29 heavy (non-hydrogen) atoms. The zero-order valence-corrected chi connectivity index (χ0v) is 18.0. The average molecular weight is 398 g/mol. The van der Waals surface area contributed by atoms with Gasteiger partial charge in [-0.15, -0.1) is 0 Å². The van der Waals surface area contributed by atoms with Gasteiger partial charge >= 0.3 is 5.97 Å². The van der Waals surface area contributed by atoms with Gasteiger partial charge in [0.15, 0.2) is 0 Å². The smallest absolute Gasteiger partial charge is 0.356 e. The fourth-order valence-electron chi connectivity index (χ4n) is 5.86. The van der Waals surface area contributed by atoms with Gasteiger partial charge in [0.2, 0.25) is 5.91 Å². The number of nitrogens with one attached hydrogen (secondary N) is 2. The van der Waals surface area contributed by atoms with Crippen molar-refractivity contribution in [3.05, 3.63) is 30.0 Å². The van der Waals surface area contributed by atoms with Crippen LogP contribution in [0.4, 0.5) is 5.69 Å². The molecule has 6 nitrogen and oxygen atoms in total. The number of esters is 1. The summed E-state index contributed by atoms with van der Waals surface area (Å²) in [5.74, 6) is -0.579. The average Bonchev–Trinajstić information content (AvgIpc) is 3.14. The Bertz CT molecular complexity index is 963. The molecule has 1 aliphatic carbocycles. The van der Waals surface area contributed by atoms with Gasteiger partial charge in [-0.05, 0) is 43.1 Å². The van der Waals surface area contributed by atoms with Gasteiger partial charge in [0.25, 0.3) is 0 Å². The first kappa shape index (κ1) is 20.0. The molecule has 2 heterocycles. The van der Waals surface area contributed by atoms with Gasteiger partial charge in [-0.1, -0.05) is 39.0 Å². The van der Waals surface area contributed by atoms with Crippen LogP contribution in [-0.4, -0.2) is 47.5 Å². The Morgan fingerprint density at radius 2 is 1.97 bits per heavy atom. The molecule has 1 aromatic carbocycles. The lowest BCUT2D eigenvalue weighted by Gasteiger charge is -2.40. The number of nitrogens with zero attached hydrogens (tertiary/aromatic N) is 1. The highest BCUT2D eigenvalue weighted by Gasteiger charge is 2.51. The molecule has 1 aliphatic heterocycles. The zero-order chi connectivity index (χ0) is 21.0. The first-order chi connectivity index (χ1) is 13.6. The number of rotatable bonds is 4. The van der Waals surface area contributed by atoms with Crippen LogP contribution in [0.1, 0.15) is 57.4 Å². The summed E-state index contributed by atoms with van der Waals surface area (Å²) in [6, 6.07) is 7.71. The van der Waals surface area contributed by atoms with Crippen LogP contribution in [0.2, 0.25) is 0 Å². The monoisotopic (exact) mass is 397 g/mol. The second kappa shape index (κ2) is 6.87. The van der Waals surface area contributed by atoms with E-state index >= 15 is 0 Å². The number of aromatic nitrogens is 1. The van der Waals surface area contributed by atoms with Crippen molar-refractivity contribution in [1.82, 2.24) is 9.88 Å². The molecule has 1 aromatic heterocycles. The van der Waals surface area contributed by atoms with E-state index in [2.05, 4.69) is 36.0 Å². The lowest BCUT2D eigenvalue weighted by atomic mass is 9.65. The van der Waals surface area contributed by atoms with Crippen LogP contribution in [0.3, 0.4) is 0 Å². The number of aromatic amines is 1. The number of methoxy groups -OCH3 is 1. The van der Waals surface area contributed by atoms with Crippen molar-refractivity contribution in [2.75, 3.05) is 19.0 Å². The quantitative estimate of drug-likeness (QED) is 0.759. The Kier molecular flexibility index (Phi) is 4.73. The molecule has 4 rings (SSSR count). The minimum atomic E-state index is -0.490. The number of anilines is 1. The van der Waals surface area contributed by atoms with Crippen LogP contribution in [0.25, 0.3) is 10.9 Å². The SMILES string of the molecule is COC(=O)c1[nH]c2ccccc2c1NC(=O)[C@@H](C)N1C[C@]2(C)C[C@@H]1CC(C)(C)C2. The number of benzene rings is 1. The molecule has 0 unspecified atom stereocenters. The molecule has 2 aromatic rings. The van der Waals surface area contributed by atoms with Crippen molar-refractivity contribution in [3.8, 4) is 0 Å². The number of amides is 1. The number of carbonyl (C=O) groups is 2. The molecule has 156 valence electrons. The molecule has 3 atom stereocenters. The summed E-state index contributed by atoms with van der Waals surface area (Å²) in [5.41, 5.74) is 2.14. The molecular formula is C23H31N3O3. The third kappa shape index (κ3) is 3.54. The second-order valence-electron chi connectivity index (χ2n) is 9.96. The van der Waals surface area contributed by atoms with E-state index in [0.29, 0.717) is 17.1 Å². The highest BCUT2D eigenvalue weighted by atomic mass is 16.5. The van der Waals surface area contributed by atoms with Crippen molar-refractivity contribution < 1.29 is 14.3 Å². The van der Waals surface area contributed by atoms with Gasteiger partial charge < -0.3 is 15.0 Å². The molecule has 1 amide bonds. The highest BCUT2D eigenvalue weighted by molar-refractivity contribution is 6.11. The molecule has 1 saturated carbocycles. The normalized spacial score (nSPS) is 27.0. The van der Waals surface area contributed by atoms with Crippen LogP contribution < -0.4 is 5.32 Å². The van der Waals surface area contributed by atoms with E-state index in [1.165, 1.54) is 13.5 Å². The van der Waals surface area contributed by atoms with Gasteiger partial charge in [0, 0.05) is 23.5 Å². The molecule has 2 bridgehead atoms. The van der Waals surface area contributed by atoms with E-state index in [1.807, 2.05) is 31.2 Å². The topological polar surface area (TPSA) is 74.4 Å². The molecule has 0 radical (unpaired) electrons. The Morgan fingerprint density at radius 1 is 1.24 bits per heavy atom. The lowest BCUT2D eigenvalue weighted by Crippen LogP contribution is -2.45. The number of H-pyrrole nitrogens is 1. The number of hydrogen-bond acceptors (Lipinski definition) is 4. The molecule has 2 fully saturated rings. The number of likely N-dealkylation sites (tertiary alicyclic amines) is 1. The maximum Gasteiger partial charge on any atom is 0.356 e. The van der Waals surface area contributed by atoms with Crippen molar-refractivity contribution >= 4 is 28.5 Å². The summed E-state index contributed by atoms with van der Waals surface area (Å²) in [6.07, 6.45) is 3.45. The van der Waals surface area contributed by atoms with E-state index in [9.17, 15) is 9.59 Å². The summed E-state index contributed by atoms with van der Waals surface area (Å²) in [7, 11) is 1.34. The summed E-state index contributed by atoms with van der Waals surface area (Å²) in [6.45, 7) is 9.92. The minimum Gasteiger partial charge on any atom is -0.464 e. The van der Waals surface area contributed by atoms with Gasteiger partial charge in [-0.3, -0.25) is 9.69 Å². The van der Waals surface area contributed by atoms with Gasteiger partial charge in [0.1, 0.15) is 5.69 Å². The highest BCUT2D eigenvalue weighted by Crippen LogP contribution is 2.53. The summed E-state index contributed by atoms with van der Waals surface area (Å²) >= 11 is 0. The lowest BCUT2D eigenvalue weighted by molar-refractivity contribution is -0.121. The number of ether oxygens (including phenoxy) is 1. The van der Waals surface area contributed by atoms with Gasteiger partial charge in [0.05, 0.1) is 18.8 Å². The van der Waals surface area contributed by atoms with E-state index in [-0.39, 0.29) is 23.1 Å². The van der Waals surface area contributed by atoms with Crippen LogP contribution in [-0.2, 0) is 9.53 Å². The van der Waals surface area contributed by atoms with Gasteiger partial charge in [-0.2, -0.15) is 0 Å². The van der Waals surface area contributed by atoms with Gasteiger partial charge in [-0.25, -0.2) is 4.79 Å². The maximum absolute atomic E-state index is 13.2. The van der Waals surface area contributed by atoms with Crippen molar-refractivity contribution in [2.45, 2.75) is 59.0 Å². The first-order valence-electron chi connectivity index (χ1n) is 10.4. The fourth-order valence-corrected chi connectivity index (χ4v) is 5.86. The van der Waals surface area contributed by atoms with Crippen LogP contribution >= 0.6 is 0 Å². The fraction of sp³-hybridized carbons (Fsp3) is 0.565. The first-order valence-corrected chi connectivity index (χ1v) is 10.4. The van der Waals surface area contributed by atoms with Crippen molar-refractivity contribution in [1.29, 1.82) is 0 Å². The predicted octanol–water partition coefficient (Wildman–Crippen LogP) is 4.18. The number of hydrogen-bond donors (Lipinski definition) is 2. The summed E-state index contributed by atoms with van der Waals surface area (Å²) < 4.78 is 4.91. The van der Waals surface area contributed by atoms with Crippen LogP contribution in [0.15, 0.2) is 24.3 Å². The molecule has 2 aliphatic rings. The summed E-state index contributed by atoms with van der Waals surface area (Å²) in [4.78, 5) is 30.9. The molecule has 2 N–H and O–H groups in total. The Morgan fingerprint density at radius 3 is 2.69 bits per heavy atom. The second-order valence-corrected chi connectivity index (χ2v) is 9.96. The number of fused-ring (bicyclic) bond motifs is 3. The number of carbonyl (C=O) groups excluding carboxylic acids is 2. The Labute approximate surface area is 172 Å². The van der Waals surface area contributed by atoms with Crippen LogP contribution in [0.5, 0.6) is 0 Å². The Balaban J connectivity index is 1.60.